The van der Waals surface area contributed by atoms with Crippen molar-refractivity contribution in [2.24, 2.45) is 7.05 Å². The summed E-state index contributed by atoms with van der Waals surface area (Å²) in [5.41, 5.74) is 3.40. The molecule has 2 aromatic rings. The van der Waals surface area contributed by atoms with Crippen molar-refractivity contribution in [2.45, 2.75) is 13.0 Å². The van der Waals surface area contributed by atoms with Crippen molar-refractivity contribution in [3.63, 3.8) is 0 Å². The first-order chi connectivity index (χ1) is 8.54. The van der Waals surface area contributed by atoms with Gasteiger partial charge >= 0.3 is 0 Å². The van der Waals surface area contributed by atoms with Gasteiger partial charge in [0.25, 0.3) is 0 Å². The summed E-state index contributed by atoms with van der Waals surface area (Å²) in [6.45, 7) is 2.08. The van der Waals surface area contributed by atoms with Crippen LogP contribution in [0.2, 0.25) is 0 Å². The lowest BCUT2D eigenvalue weighted by molar-refractivity contribution is 0.595. The number of halogens is 2. The van der Waals surface area contributed by atoms with Gasteiger partial charge in [0.15, 0.2) is 4.60 Å². The molecule has 0 saturated carbocycles. The zero-order valence-electron chi connectivity index (χ0n) is 10.4. The van der Waals surface area contributed by atoms with E-state index in [-0.39, 0.29) is 6.04 Å². The Labute approximate surface area is 123 Å². The van der Waals surface area contributed by atoms with Crippen LogP contribution >= 0.6 is 31.9 Å². The molecule has 1 unspecified atom stereocenters. The molecule has 1 atom stereocenters. The van der Waals surface area contributed by atoms with Crippen LogP contribution in [0.25, 0.3) is 0 Å². The third kappa shape index (κ3) is 2.50. The molecule has 1 aromatic heterocycles. The van der Waals surface area contributed by atoms with Gasteiger partial charge in [0.05, 0.1) is 11.7 Å². The first-order valence-corrected chi connectivity index (χ1v) is 7.11. The molecular formula is C12H14Br2N4. The lowest BCUT2D eigenvalue weighted by Gasteiger charge is -2.19. The number of rotatable bonds is 3. The fraction of sp³-hybridized carbons (Fsp3) is 0.333. The van der Waals surface area contributed by atoms with E-state index in [0.29, 0.717) is 0 Å². The molecule has 0 radical (unpaired) electrons. The Morgan fingerprint density at radius 1 is 1.33 bits per heavy atom. The van der Waals surface area contributed by atoms with Crippen molar-refractivity contribution >= 4 is 31.9 Å². The summed E-state index contributed by atoms with van der Waals surface area (Å²) in [6, 6.07) is 6.34. The quantitative estimate of drug-likeness (QED) is 0.899. The maximum Gasteiger partial charge on any atom is 0.153 e. The molecule has 2 rings (SSSR count). The van der Waals surface area contributed by atoms with Crippen LogP contribution in [0.5, 0.6) is 0 Å². The van der Waals surface area contributed by atoms with Crippen LogP contribution in [0.3, 0.4) is 0 Å². The van der Waals surface area contributed by atoms with Crippen molar-refractivity contribution in [3.05, 3.63) is 44.1 Å². The molecule has 4 nitrogen and oxygen atoms in total. The van der Waals surface area contributed by atoms with Gasteiger partial charge < -0.3 is 5.32 Å². The van der Waals surface area contributed by atoms with Crippen molar-refractivity contribution in [2.75, 3.05) is 7.05 Å². The van der Waals surface area contributed by atoms with Crippen molar-refractivity contribution in [3.8, 4) is 0 Å². The minimum atomic E-state index is 0.0358. The Morgan fingerprint density at radius 3 is 2.61 bits per heavy atom. The SMILES string of the molecule is CNC(c1cc(C)ccc1Br)c1c(Br)nnn1C. The molecule has 1 aromatic carbocycles. The highest BCUT2D eigenvalue weighted by Crippen LogP contribution is 2.31. The summed E-state index contributed by atoms with van der Waals surface area (Å²) in [5.74, 6) is 0. The number of nitrogens with one attached hydrogen (secondary N) is 1. The van der Waals surface area contributed by atoms with Gasteiger partial charge in [0, 0.05) is 11.5 Å². The van der Waals surface area contributed by atoms with Crippen molar-refractivity contribution in [1.82, 2.24) is 20.3 Å². The summed E-state index contributed by atoms with van der Waals surface area (Å²) in [6.07, 6.45) is 0. The second-order valence-electron chi connectivity index (χ2n) is 4.14. The molecule has 1 heterocycles. The van der Waals surface area contributed by atoms with E-state index in [0.717, 1.165) is 14.8 Å². The largest absolute Gasteiger partial charge is 0.308 e. The molecule has 0 fully saturated rings. The monoisotopic (exact) mass is 372 g/mol. The molecule has 0 aliphatic rings. The highest BCUT2D eigenvalue weighted by molar-refractivity contribution is 9.10. The van der Waals surface area contributed by atoms with E-state index < -0.39 is 0 Å². The predicted octanol–water partition coefficient (Wildman–Crippen LogP) is 2.96. The summed E-state index contributed by atoms with van der Waals surface area (Å²) in [5, 5.41) is 11.4. The predicted molar refractivity (Wildman–Crippen MR) is 78.5 cm³/mol. The lowest BCUT2D eigenvalue weighted by Crippen LogP contribution is -2.21. The van der Waals surface area contributed by atoms with E-state index in [4.69, 9.17) is 0 Å². The van der Waals surface area contributed by atoms with Crippen molar-refractivity contribution in [1.29, 1.82) is 0 Å². The summed E-state index contributed by atoms with van der Waals surface area (Å²) < 4.78 is 3.61. The van der Waals surface area contributed by atoms with Crippen LogP contribution in [0, 0.1) is 6.92 Å². The first-order valence-electron chi connectivity index (χ1n) is 5.53. The van der Waals surface area contributed by atoms with Gasteiger partial charge in [-0.05, 0) is 41.5 Å². The number of benzene rings is 1. The summed E-state index contributed by atoms with van der Waals surface area (Å²) in [7, 11) is 3.82. The summed E-state index contributed by atoms with van der Waals surface area (Å²) >= 11 is 7.05. The maximum atomic E-state index is 4.04. The molecule has 0 amide bonds. The first kappa shape index (κ1) is 13.7. The van der Waals surface area contributed by atoms with Gasteiger partial charge in [0.2, 0.25) is 0 Å². The fourth-order valence-corrected chi connectivity index (χ4v) is 3.00. The van der Waals surface area contributed by atoms with Crippen LogP contribution in [0.1, 0.15) is 22.9 Å². The summed E-state index contributed by atoms with van der Waals surface area (Å²) in [4.78, 5) is 0. The Bertz CT molecular complexity index is 546. The normalized spacial score (nSPS) is 12.7. The second-order valence-corrected chi connectivity index (χ2v) is 5.74. The third-order valence-electron chi connectivity index (χ3n) is 2.85. The third-order valence-corrected chi connectivity index (χ3v) is 4.14. The number of nitrogens with zero attached hydrogens (tertiary/aromatic N) is 3. The second kappa shape index (κ2) is 5.50. The fourth-order valence-electron chi connectivity index (χ4n) is 1.97. The Kier molecular flexibility index (Phi) is 4.19. The van der Waals surface area contributed by atoms with E-state index in [1.807, 2.05) is 14.1 Å². The van der Waals surface area contributed by atoms with Crippen LogP contribution in [0.4, 0.5) is 0 Å². The lowest BCUT2D eigenvalue weighted by atomic mass is 10.0. The minimum Gasteiger partial charge on any atom is -0.308 e. The molecule has 0 aliphatic carbocycles. The molecule has 0 aliphatic heterocycles. The Morgan fingerprint density at radius 2 is 2.06 bits per heavy atom. The molecule has 0 spiro atoms. The van der Waals surface area contributed by atoms with E-state index in [9.17, 15) is 0 Å². The smallest absolute Gasteiger partial charge is 0.153 e. The standard InChI is InChI=1S/C12H14Br2N4/c1-7-4-5-9(13)8(6-7)10(15-2)11-12(14)16-17-18(11)3/h4-6,10,15H,1-3H3. The highest BCUT2D eigenvalue weighted by Gasteiger charge is 2.22. The minimum absolute atomic E-state index is 0.0358. The van der Waals surface area contributed by atoms with E-state index in [1.165, 1.54) is 11.1 Å². The molecule has 6 heteroatoms. The van der Waals surface area contributed by atoms with Gasteiger partial charge in [0.1, 0.15) is 0 Å². The maximum absolute atomic E-state index is 4.04. The number of hydrogen-bond donors (Lipinski definition) is 1. The van der Waals surface area contributed by atoms with E-state index in [1.54, 1.807) is 4.68 Å². The molecule has 1 N–H and O–H groups in total. The van der Waals surface area contributed by atoms with Gasteiger partial charge in [-0.2, -0.15) is 0 Å². The Hall–Kier alpha value is -0.720. The highest BCUT2D eigenvalue weighted by atomic mass is 79.9. The number of aryl methyl sites for hydroxylation is 2. The van der Waals surface area contributed by atoms with E-state index >= 15 is 0 Å². The Balaban J connectivity index is 2.55. The van der Waals surface area contributed by atoms with E-state index in [2.05, 4.69) is 72.6 Å². The topological polar surface area (TPSA) is 42.7 Å². The molecule has 0 bridgehead atoms. The van der Waals surface area contributed by atoms with Crippen LogP contribution in [0.15, 0.2) is 27.3 Å². The van der Waals surface area contributed by atoms with Gasteiger partial charge in [-0.15, -0.1) is 5.10 Å². The zero-order chi connectivity index (χ0) is 13.3. The van der Waals surface area contributed by atoms with Crippen LogP contribution in [-0.2, 0) is 7.05 Å². The van der Waals surface area contributed by atoms with Crippen LogP contribution in [-0.4, -0.2) is 22.0 Å². The van der Waals surface area contributed by atoms with Gasteiger partial charge in [-0.25, -0.2) is 4.68 Å². The molecule has 0 saturated heterocycles. The number of hydrogen-bond acceptors (Lipinski definition) is 3. The van der Waals surface area contributed by atoms with Crippen LogP contribution < -0.4 is 5.32 Å². The zero-order valence-corrected chi connectivity index (χ0v) is 13.6. The van der Waals surface area contributed by atoms with Gasteiger partial charge in [-0.3, -0.25) is 0 Å². The molecular weight excluding hydrogens is 360 g/mol. The molecule has 18 heavy (non-hydrogen) atoms. The average molecular weight is 374 g/mol. The average Bonchev–Trinajstić information content (AvgIpc) is 2.66. The van der Waals surface area contributed by atoms with Gasteiger partial charge in [-0.1, -0.05) is 38.8 Å². The number of aromatic nitrogens is 3. The van der Waals surface area contributed by atoms with Crippen molar-refractivity contribution < 1.29 is 0 Å². The molecule has 96 valence electrons.